The van der Waals surface area contributed by atoms with Gasteiger partial charge in [0, 0.05) is 31.8 Å². The second-order valence-electron chi connectivity index (χ2n) is 4.71. The van der Waals surface area contributed by atoms with Crippen molar-refractivity contribution in [3.8, 4) is 0 Å². The van der Waals surface area contributed by atoms with E-state index in [0.29, 0.717) is 6.61 Å². The number of likely N-dealkylation sites (tertiary alicyclic amines) is 1. The summed E-state index contributed by atoms with van der Waals surface area (Å²) < 4.78 is 18.7. The zero-order chi connectivity index (χ0) is 12.3. The van der Waals surface area contributed by atoms with Gasteiger partial charge in [0.05, 0.1) is 6.61 Å². The van der Waals surface area contributed by atoms with E-state index in [0.717, 1.165) is 32.4 Å². The molecule has 2 rings (SSSR count). The first-order chi connectivity index (χ1) is 8.16. The monoisotopic (exact) mass is 246 g/mol. The van der Waals surface area contributed by atoms with E-state index in [-0.39, 0.29) is 18.7 Å². The summed E-state index contributed by atoms with van der Waals surface area (Å²) >= 11 is 0. The molecule has 0 radical (unpaired) electrons. The molecule has 0 bridgehead atoms. The van der Waals surface area contributed by atoms with E-state index in [4.69, 9.17) is 9.84 Å². The molecular formula is C11H19FN2O3. The minimum absolute atomic E-state index is 0.0154. The minimum atomic E-state index is -0.974. The summed E-state index contributed by atoms with van der Waals surface area (Å²) in [6.45, 7) is 2.34. The second kappa shape index (κ2) is 5.64. The van der Waals surface area contributed by atoms with Crippen LogP contribution in [0.4, 0.5) is 9.18 Å². The third kappa shape index (κ3) is 3.29. The summed E-state index contributed by atoms with van der Waals surface area (Å²) in [5, 5.41) is 11.1. The molecule has 0 aromatic carbocycles. The SMILES string of the molecule is O=C(O)NC1CCN(C2CCOCC2F)CC1. The largest absolute Gasteiger partial charge is 0.465 e. The highest BCUT2D eigenvalue weighted by Crippen LogP contribution is 2.22. The lowest BCUT2D eigenvalue weighted by molar-refractivity contribution is -0.0344. The topological polar surface area (TPSA) is 61.8 Å². The van der Waals surface area contributed by atoms with E-state index in [9.17, 15) is 9.18 Å². The fourth-order valence-corrected chi connectivity index (χ4v) is 2.65. The maximum absolute atomic E-state index is 13.7. The number of piperidine rings is 1. The van der Waals surface area contributed by atoms with E-state index in [1.165, 1.54) is 0 Å². The third-order valence-corrected chi connectivity index (χ3v) is 3.58. The lowest BCUT2D eigenvalue weighted by Crippen LogP contribution is -2.52. The van der Waals surface area contributed by atoms with E-state index in [2.05, 4.69) is 10.2 Å². The summed E-state index contributed by atoms with van der Waals surface area (Å²) in [5.41, 5.74) is 0. The van der Waals surface area contributed by atoms with Crippen LogP contribution in [0, 0.1) is 0 Å². The van der Waals surface area contributed by atoms with Crippen LogP contribution in [0.25, 0.3) is 0 Å². The molecule has 0 aromatic heterocycles. The molecule has 2 fully saturated rings. The molecule has 0 spiro atoms. The number of hydrogen-bond acceptors (Lipinski definition) is 3. The quantitative estimate of drug-likeness (QED) is 0.758. The highest BCUT2D eigenvalue weighted by Gasteiger charge is 2.33. The first-order valence-electron chi connectivity index (χ1n) is 6.12. The Morgan fingerprint density at radius 3 is 2.65 bits per heavy atom. The number of nitrogens with zero attached hydrogens (tertiary/aromatic N) is 1. The summed E-state index contributed by atoms with van der Waals surface area (Å²) in [7, 11) is 0. The van der Waals surface area contributed by atoms with E-state index in [1.54, 1.807) is 0 Å². The Hall–Kier alpha value is -0.880. The summed E-state index contributed by atoms with van der Waals surface area (Å²) in [6, 6.07) is -0.0313. The molecule has 2 atom stereocenters. The molecule has 2 unspecified atom stereocenters. The van der Waals surface area contributed by atoms with Gasteiger partial charge >= 0.3 is 6.09 Å². The maximum Gasteiger partial charge on any atom is 0.404 e. The molecule has 5 nitrogen and oxygen atoms in total. The number of carboxylic acid groups (broad SMARTS) is 1. The first kappa shape index (κ1) is 12.6. The fraction of sp³-hybridized carbons (Fsp3) is 0.909. The Bertz CT molecular complexity index is 269. The van der Waals surface area contributed by atoms with Crippen LogP contribution < -0.4 is 5.32 Å². The van der Waals surface area contributed by atoms with E-state index in [1.807, 2.05) is 0 Å². The van der Waals surface area contributed by atoms with Crippen LogP contribution >= 0.6 is 0 Å². The number of ether oxygens (including phenoxy) is 1. The number of alkyl halides is 1. The molecule has 2 heterocycles. The zero-order valence-corrected chi connectivity index (χ0v) is 9.77. The van der Waals surface area contributed by atoms with Crippen molar-refractivity contribution in [2.75, 3.05) is 26.3 Å². The number of hydrogen-bond donors (Lipinski definition) is 2. The van der Waals surface area contributed by atoms with Crippen molar-refractivity contribution in [3.05, 3.63) is 0 Å². The van der Waals surface area contributed by atoms with Gasteiger partial charge in [-0.25, -0.2) is 9.18 Å². The Balaban J connectivity index is 1.79. The van der Waals surface area contributed by atoms with Gasteiger partial charge < -0.3 is 15.2 Å². The van der Waals surface area contributed by atoms with Gasteiger partial charge in [-0.2, -0.15) is 0 Å². The molecular weight excluding hydrogens is 227 g/mol. The lowest BCUT2D eigenvalue weighted by atomic mass is 9.99. The number of halogens is 1. The third-order valence-electron chi connectivity index (χ3n) is 3.58. The Morgan fingerprint density at radius 2 is 2.06 bits per heavy atom. The van der Waals surface area contributed by atoms with Crippen LogP contribution in [-0.2, 0) is 4.74 Å². The van der Waals surface area contributed by atoms with Gasteiger partial charge in [-0.1, -0.05) is 0 Å². The van der Waals surface area contributed by atoms with Gasteiger partial charge in [0.1, 0.15) is 6.17 Å². The molecule has 0 saturated carbocycles. The Morgan fingerprint density at radius 1 is 1.35 bits per heavy atom. The Labute approximate surface area is 99.9 Å². The highest BCUT2D eigenvalue weighted by molar-refractivity contribution is 5.64. The highest BCUT2D eigenvalue weighted by atomic mass is 19.1. The number of carbonyl (C=O) groups is 1. The molecule has 2 saturated heterocycles. The number of nitrogens with one attached hydrogen (secondary N) is 1. The van der Waals surface area contributed by atoms with Crippen molar-refractivity contribution >= 4 is 6.09 Å². The minimum Gasteiger partial charge on any atom is -0.465 e. The van der Waals surface area contributed by atoms with Crippen LogP contribution in [0.1, 0.15) is 19.3 Å². The van der Waals surface area contributed by atoms with Crippen molar-refractivity contribution in [2.24, 2.45) is 0 Å². The van der Waals surface area contributed by atoms with E-state index < -0.39 is 12.3 Å². The average molecular weight is 246 g/mol. The Kier molecular flexibility index (Phi) is 4.17. The van der Waals surface area contributed by atoms with Gasteiger partial charge in [-0.05, 0) is 19.3 Å². The van der Waals surface area contributed by atoms with Gasteiger partial charge in [-0.3, -0.25) is 4.90 Å². The zero-order valence-electron chi connectivity index (χ0n) is 9.77. The molecule has 0 aliphatic carbocycles. The van der Waals surface area contributed by atoms with Crippen LogP contribution in [-0.4, -0.2) is 60.7 Å². The molecule has 17 heavy (non-hydrogen) atoms. The van der Waals surface area contributed by atoms with Crippen molar-refractivity contribution in [1.29, 1.82) is 0 Å². The van der Waals surface area contributed by atoms with Crippen LogP contribution in [0.3, 0.4) is 0 Å². The molecule has 2 aliphatic rings. The molecule has 1 amide bonds. The standard InChI is InChI=1S/C11H19FN2O3/c12-9-7-17-6-3-10(9)14-4-1-8(2-5-14)13-11(15)16/h8-10,13H,1-7H2,(H,15,16). The number of amides is 1. The predicted molar refractivity (Wildman–Crippen MR) is 59.9 cm³/mol. The second-order valence-corrected chi connectivity index (χ2v) is 4.71. The van der Waals surface area contributed by atoms with Gasteiger partial charge in [0.2, 0.25) is 0 Å². The first-order valence-corrected chi connectivity index (χ1v) is 6.12. The smallest absolute Gasteiger partial charge is 0.404 e. The molecule has 2 aliphatic heterocycles. The summed E-state index contributed by atoms with van der Waals surface area (Å²) in [6.07, 6.45) is 0.371. The van der Waals surface area contributed by atoms with Gasteiger partial charge in [0.25, 0.3) is 0 Å². The summed E-state index contributed by atoms with van der Waals surface area (Å²) in [4.78, 5) is 12.6. The van der Waals surface area contributed by atoms with E-state index >= 15 is 0 Å². The van der Waals surface area contributed by atoms with Crippen LogP contribution in [0.2, 0.25) is 0 Å². The molecule has 98 valence electrons. The predicted octanol–water partition coefficient (Wildman–Crippen LogP) is 0.845. The average Bonchev–Trinajstić information content (AvgIpc) is 2.30. The fourth-order valence-electron chi connectivity index (χ4n) is 2.65. The lowest BCUT2D eigenvalue weighted by Gasteiger charge is -2.40. The number of rotatable bonds is 2. The van der Waals surface area contributed by atoms with Crippen LogP contribution in [0.15, 0.2) is 0 Å². The summed E-state index contributed by atoms with van der Waals surface area (Å²) in [5.74, 6) is 0. The van der Waals surface area contributed by atoms with Gasteiger partial charge in [-0.15, -0.1) is 0 Å². The molecule has 0 aromatic rings. The van der Waals surface area contributed by atoms with Crippen molar-refractivity contribution in [1.82, 2.24) is 10.2 Å². The van der Waals surface area contributed by atoms with Crippen molar-refractivity contribution in [2.45, 2.75) is 37.5 Å². The molecule has 6 heteroatoms. The molecule has 2 N–H and O–H groups in total. The van der Waals surface area contributed by atoms with Crippen molar-refractivity contribution in [3.63, 3.8) is 0 Å². The maximum atomic E-state index is 13.7. The van der Waals surface area contributed by atoms with Gasteiger partial charge in [0.15, 0.2) is 0 Å². The normalized spacial score (nSPS) is 32.3. The van der Waals surface area contributed by atoms with Crippen molar-refractivity contribution < 1.29 is 19.0 Å². The van der Waals surface area contributed by atoms with Crippen LogP contribution in [0.5, 0.6) is 0 Å².